The minimum absolute atomic E-state index is 0.0184. The van der Waals surface area contributed by atoms with Crippen LogP contribution < -0.4 is 19.6 Å². The van der Waals surface area contributed by atoms with E-state index in [9.17, 15) is 50.8 Å². The second kappa shape index (κ2) is 13.5. The Morgan fingerprint density at radius 3 is 2.07 bits per heavy atom. The average Bonchev–Trinajstić information content (AvgIpc) is 3.05. The smallest absolute Gasteiger partial charge is 0.229 e. The maximum absolute atomic E-state index is 13.4. The van der Waals surface area contributed by atoms with Crippen molar-refractivity contribution >= 4 is 11.0 Å². The van der Waals surface area contributed by atoms with E-state index in [0.29, 0.717) is 0 Å². The van der Waals surface area contributed by atoms with Crippen molar-refractivity contribution in [2.45, 2.75) is 61.4 Å². The van der Waals surface area contributed by atoms with E-state index in [1.807, 2.05) is 0 Å². The first-order valence-electron chi connectivity index (χ1n) is 13.9. The molecule has 2 fully saturated rings. The topological polar surface area (TPSA) is 268 Å². The minimum Gasteiger partial charge on any atom is -0.504 e. The fourth-order valence-corrected chi connectivity index (χ4v) is 5.23. The van der Waals surface area contributed by atoms with Crippen LogP contribution in [-0.2, 0) is 14.2 Å². The molecule has 3 aromatic rings. The Kier molecular flexibility index (Phi) is 9.89. The molecule has 17 nitrogen and oxygen atoms in total. The second-order valence-electron chi connectivity index (χ2n) is 10.7. The normalized spacial score (nSPS) is 31.5. The summed E-state index contributed by atoms with van der Waals surface area (Å²) in [6, 6.07) is 5.09. The van der Waals surface area contributed by atoms with Gasteiger partial charge < -0.3 is 78.8 Å². The number of phenols is 2. The zero-order valence-corrected chi connectivity index (χ0v) is 24.4. The average molecular weight is 655 g/mol. The lowest BCUT2D eigenvalue weighted by Crippen LogP contribution is -2.62. The molecule has 0 radical (unpaired) electrons. The van der Waals surface area contributed by atoms with E-state index in [4.69, 9.17) is 32.8 Å². The number of aromatic hydroxyl groups is 2. The number of aliphatic hydroxyl groups excluding tert-OH is 7. The lowest BCUT2D eigenvalue weighted by atomic mass is 9.98. The molecule has 0 amide bonds. The van der Waals surface area contributed by atoms with Gasteiger partial charge in [-0.1, -0.05) is 6.07 Å². The Labute approximate surface area is 259 Å². The number of fused-ring (bicyclic) bond motifs is 1. The molecule has 0 saturated carbocycles. The Morgan fingerprint density at radius 1 is 0.783 bits per heavy atom. The molecule has 0 spiro atoms. The first-order valence-corrected chi connectivity index (χ1v) is 13.9. The van der Waals surface area contributed by atoms with E-state index >= 15 is 0 Å². The van der Waals surface area contributed by atoms with Crippen LogP contribution in [-0.4, -0.2) is 135 Å². The van der Waals surface area contributed by atoms with Crippen molar-refractivity contribution in [1.82, 2.24) is 0 Å². The number of hydrogen-bond acceptors (Lipinski definition) is 17. The quantitative estimate of drug-likeness (QED) is 0.119. The zero-order chi connectivity index (χ0) is 33.4. The number of ether oxygens (including phenoxy) is 6. The maximum atomic E-state index is 13.4. The van der Waals surface area contributed by atoms with Crippen molar-refractivity contribution in [3.63, 3.8) is 0 Å². The van der Waals surface area contributed by atoms with E-state index in [1.165, 1.54) is 32.4 Å². The summed E-state index contributed by atoms with van der Waals surface area (Å²) < 4.78 is 37.7. The van der Waals surface area contributed by atoms with Crippen molar-refractivity contribution in [2.24, 2.45) is 0 Å². The highest BCUT2D eigenvalue weighted by molar-refractivity contribution is 5.91. The van der Waals surface area contributed by atoms with Crippen LogP contribution in [0.5, 0.6) is 28.7 Å². The lowest BCUT2D eigenvalue weighted by molar-refractivity contribution is -0.323. The van der Waals surface area contributed by atoms with Crippen LogP contribution in [0.4, 0.5) is 0 Å². The second-order valence-corrected chi connectivity index (χ2v) is 10.7. The predicted octanol–water partition coefficient (Wildman–Crippen LogP) is -2.11. The van der Waals surface area contributed by atoms with Gasteiger partial charge in [-0.05, 0) is 17.7 Å². The molecule has 0 unspecified atom stereocenters. The summed E-state index contributed by atoms with van der Waals surface area (Å²) in [6.07, 6.45) is -15.2. The minimum atomic E-state index is -1.82. The van der Waals surface area contributed by atoms with Gasteiger partial charge in [0.25, 0.3) is 0 Å². The fourth-order valence-electron chi connectivity index (χ4n) is 5.23. The molecule has 252 valence electrons. The Hall–Kier alpha value is -3.75. The molecule has 2 aliphatic rings. The third-order valence-electron chi connectivity index (χ3n) is 7.84. The molecule has 1 aromatic heterocycles. The van der Waals surface area contributed by atoms with Crippen molar-refractivity contribution in [3.8, 4) is 39.9 Å². The van der Waals surface area contributed by atoms with Gasteiger partial charge in [0.05, 0.1) is 33.0 Å². The van der Waals surface area contributed by atoms with E-state index in [1.54, 1.807) is 0 Å². The lowest BCUT2D eigenvalue weighted by Gasteiger charge is -2.42. The standard InChI is InChI=1S/C29H34O17/c1-40-15-6-14-18(27(41-2)22(15)35)19(32)11(8-42-14)10-3-4-13(12(31)5-10)44-29-26(39)24(37)21(34)17(46-29)9-43-28-25(38)23(36)20(33)16(7-30)45-28/h3-6,8,16-17,20-21,23-26,28-31,33-39H,7,9H2,1-2H3/t16-,17-,20+,21+,23+,24+,25+,26-,28-,29-/m0/s1. The van der Waals surface area contributed by atoms with Gasteiger partial charge in [-0.2, -0.15) is 0 Å². The Balaban J connectivity index is 1.34. The van der Waals surface area contributed by atoms with Gasteiger partial charge in [0, 0.05) is 6.07 Å². The van der Waals surface area contributed by atoms with Crippen molar-refractivity contribution in [1.29, 1.82) is 0 Å². The fraction of sp³-hybridized carbons (Fsp3) is 0.483. The number of methoxy groups -OCH3 is 2. The van der Waals surface area contributed by atoms with E-state index < -0.39 is 91.6 Å². The molecule has 10 atom stereocenters. The predicted molar refractivity (Wildman–Crippen MR) is 151 cm³/mol. The molecular formula is C29H34O17. The summed E-state index contributed by atoms with van der Waals surface area (Å²) in [6.45, 7) is -1.28. The molecular weight excluding hydrogens is 620 g/mol. The van der Waals surface area contributed by atoms with Crippen LogP contribution in [0.1, 0.15) is 0 Å². The molecule has 0 aliphatic carbocycles. The highest BCUT2D eigenvalue weighted by Gasteiger charge is 2.48. The van der Waals surface area contributed by atoms with Gasteiger partial charge in [-0.3, -0.25) is 4.79 Å². The van der Waals surface area contributed by atoms with Crippen LogP contribution in [0, 0.1) is 0 Å². The molecule has 3 heterocycles. The highest BCUT2D eigenvalue weighted by Crippen LogP contribution is 2.42. The van der Waals surface area contributed by atoms with E-state index in [0.717, 1.165) is 12.3 Å². The van der Waals surface area contributed by atoms with Gasteiger partial charge in [0.2, 0.25) is 17.5 Å². The van der Waals surface area contributed by atoms with Gasteiger partial charge in [-0.15, -0.1) is 0 Å². The van der Waals surface area contributed by atoms with Crippen LogP contribution in [0.3, 0.4) is 0 Å². The number of phenolic OH excluding ortho intramolecular Hbond substituents is 2. The van der Waals surface area contributed by atoms with Crippen LogP contribution >= 0.6 is 0 Å². The van der Waals surface area contributed by atoms with Crippen LogP contribution in [0.15, 0.2) is 39.7 Å². The third-order valence-corrected chi connectivity index (χ3v) is 7.84. The maximum Gasteiger partial charge on any atom is 0.229 e. The first-order chi connectivity index (χ1) is 21.9. The van der Waals surface area contributed by atoms with Gasteiger partial charge in [0.15, 0.2) is 29.3 Å². The molecule has 2 saturated heterocycles. The van der Waals surface area contributed by atoms with Crippen molar-refractivity contribution in [3.05, 3.63) is 40.8 Å². The largest absolute Gasteiger partial charge is 0.504 e. The number of benzene rings is 2. The SMILES string of the molecule is COc1cc2occ(-c3ccc(O[C@H]4O[C@@H](CO[C@H]5O[C@@H](CO)[C@@H](O)[C@@H](O)[C@H]5O)[C@@H](O)[C@@H](O)[C@@H]4O)c(O)c3)c(=O)c2c(OC)c1O. The molecule has 17 heteroatoms. The number of rotatable bonds is 9. The summed E-state index contributed by atoms with van der Waals surface area (Å²) in [5.41, 5.74) is -0.382. The van der Waals surface area contributed by atoms with Gasteiger partial charge >= 0.3 is 0 Å². The van der Waals surface area contributed by atoms with Crippen molar-refractivity contribution in [2.75, 3.05) is 27.4 Å². The molecule has 2 aliphatic heterocycles. The number of aliphatic hydroxyl groups is 7. The van der Waals surface area contributed by atoms with E-state index in [-0.39, 0.29) is 39.3 Å². The first kappa shape index (κ1) is 33.6. The van der Waals surface area contributed by atoms with E-state index in [2.05, 4.69) is 0 Å². The molecule has 9 N–H and O–H groups in total. The van der Waals surface area contributed by atoms with Gasteiger partial charge in [-0.25, -0.2) is 0 Å². The molecule has 0 bridgehead atoms. The summed E-state index contributed by atoms with van der Waals surface area (Å²) in [4.78, 5) is 13.4. The summed E-state index contributed by atoms with van der Waals surface area (Å²) in [5, 5.41) is 91.9. The number of hydrogen-bond donors (Lipinski definition) is 9. The van der Waals surface area contributed by atoms with Crippen molar-refractivity contribution < 1.29 is 78.8 Å². The third kappa shape index (κ3) is 6.05. The Morgan fingerprint density at radius 2 is 1.43 bits per heavy atom. The summed E-state index contributed by atoms with van der Waals surface area (Å²) in [7, 11) is 2.57. The highest BCUT2D eigenvalue weighted by atomic mass is 16.7. The van der Waals surface area contributed by atoms with Crippen LogP contribution in [0.2, 0.25) is 0 Å². The summed E-state index contributed by atoms with van der Waals surface area (Å²) >= 11 is 0. The molecule has 5 rings (SSSR count). The van der Waals surface area contributed by atoms with Gasteiger partial charge in [0.1, 0.15) is 66.1 Å². The monoisotopic (exact) mass is 654 g/mol. The summed E-state index contributed by atoms with van der Waals surface area (Å²) in [5.74, 6) is -1.35. The molecule has 2 aromatic carbocycles. The zero-order valence-electron chi connectivity index (χ0n) is 24.4. The van der Waals surface area contributed by atoms with Crippen LogP contribution in [0.25, 0.3) is 22.1 Å². The Bertz CT molecular complexity index is 1590. The molecule has 46 heavy (non-hydrogen) atoms.